The second-order valence-corrected chi connectivity index (χ2v) is 8.05. The molecule has 170 valence electrons. The number of benzene rings is 2. The Morgan fingerprint density at radius 3 is 2.27 bits per heavy atom. The molecule has 0 aliphatic heterocycles. The van der Waals surface area contributed by atoms with Crippen LogP contribution in [0, 0.1) is 20.8 Å². The van der Waals surface area contributed by atoms with Crippen LogP contribution in [0.2, 0.25) is 0 Å². The van der Waals surface area contributed by atoms with E-state index in [1.807, 2.05) is 19.9 Å². The first-order valence-corrected chi connectivity index (χ1v) is 10.4. The number of furan rings is 1. The van der Waals surface area contributed by atoms with Gasteiger partial charge in [0.25, 0.3) is 0 Å². The lowest BCUT2D eigenvalue weighted by Crippen LogP contribution is -2.34. The number of rotatable bonds is 6. The van der Waals surface area contributed by atoms with Gasteiger partial charge in [-0.1, -0.05) is 12.1 Å². The smallest absolute Gasteiger partial charge is 0.339 e. The van der Waals surface area contributed by atoms with Crippen LogP contribution in [0.25, 0.3) is 21.9 Å². The van der Waals surface area contributed by atoms with Gasteiger partial charge in [0.2, 0.25) is 5.91 Å². The van der Waals surface area contributed by atoms with Crippen LogP contribution in [-0.2, 0) is 16.0 Å². The van der Waals surface area contributed by atoms with Crippen LogP contribution in [0.4, 0.5) is 0 Å². The van der Waals surface area contributed by atoms with Crippen LogP contribution in [-0.4, -0.2) is 22.1 Å². The van der Waals surface area contributed by atoms with E-state index in [1.54, 1.807) is 13.0 Å². The van der Waals surface area contributed by atoms with E-state index in [9.17, 15) is 24.6 Å². The number of fused-ring (bicyclic) bond motifs is 2. The molecule has 8 heteroatoms. The number of phenolic OH excluding ortho intramolecular Hbond substituents is 1. The number of carbonyl (C=O) groups excluding carboxylic acids is 1. The highest BCUT2D eigenvalue weighted by Crippen LogP contribution is 2.31. The Morgan fingerprint density at radius 2 is 1.61 bits per heavy atom. The molecule has 3 N–H and O–H groups in total. The Balaban J connectivity index is 1.58. The molecule has 0 unspecified atom stereocenters. The van der Waals surface area contributed by atoms with Gasteiger partial charge in [0.15, 0.2) is 6.04 Å². The lowest BCUT2D eigenvalue weighted by atomic mass is 10.00. The number of aliphatic carboxylic acids is 1. The van der Waals surface area contributed by atoms with E-state index in [2.05, 4.69) is 5.32 Å². The van der Waals surface area contributed by atoms with E-state index in [4.69, 9.17) is 8.83 Å². The van der Waals surface area contributed by atoms with E-state index < -0.39 is 23.5 Å². The standard InChI is InChI=1S/C25H23NO7/c1-12-14(3)32-20-11-21-19(10-18(12)20)13(2)17(25(31)33-21)8-9-22(28)26-23(24(29)30)15-4-6-16(27)7-5-15/h4-7,10-11,23,27H,8-9H2,1-3H3,(H,26,28)(H,29,30)/t23-/m0/s1. The van der Waals surface area contributed by atoms with Gasteiger partial charge in [0, 0.05) is 28.8 Å². The minimum atomic E-state index is -1.27. The number of aryl methyl sites for hydroxylation is 3. The van der Waals surface area contributed by atoms with Crippen molar-refractivity contribution in [1.29, 1.82) is 0 Å². The average Bonchev–Trinajstić information content (AvgIpc) is 3.04. The molecule has 2 aromatic carbocycles. The molecule has 0 fully saturated rings. The van der Waals surface area contributed by atoms with Crippen molar-refractivity contribution in [2.45, 2.75) is 39.7 Å². The molecule has 0 aliphatic rings. The molecule has 0 saturated heterocycles. The van der Waals surface area contributed by atoms with Crippen LogP contribution >= 0.6 is 0 Å². The van der Waals surface area contributed by atoms with Gasteiger partial charge in [-0.2, -0.15) is 0 Å². The maximum Gasteiger partial charge on any atom is 0.339 e. The first-order valence-electron chi connectivity index (χ1n) is 10.4. The minimum absolute atomic E-state index is 0.00855. The average molecular weight is 449 g/mol. The normalized spacial score (nSPS) is 12.2. The van der Waals surface area contributed by atoms with Crippen LogP contribution in [0.15, 0.2) is 50.0 Å². The van der Waals surface area contributed by atoms with Gasteiger partial charge in [0.05, 0.1) is 0 Å². The summed E-state index contributed by atoms with van der Waals surface area (Å²) in [5.74, 6) is -0.971. The summed E-state index contributed by atoms with van der Waals surface area (Å²) in [5, 5.41) is 23.0. The fourth-order valence-electron chi connectivity index (χ4n) is 3.94. The topological polar surface area (TPSA) is 130 Å². The fourth-order valence-corrected chi connectivity index (χ4v) is 3.94. The molecule has 33 heavy (non-hydrogen) atoms. The number of nitrogens with one attached hydrogen (secondary N) is 1. The first kappa shape index (κ1) is 22.1. The van der Waals surface area contributed by atoms with Crippen molar-refractivity contribution in [2.24, 2.45) is 0 Å². The van der Waals surface area contributed by atoms with Crippen molar-refractivity contribution < 1.29 is 28.6 Å². The summed E-state index contributed by atoms with van der Waals surface area (Å²) in [6.07, 6.45) is 0.00432. The number of amides is 1. The maximum absolute atomic E-state index is 12.6. The molecule has 0 spiro atoms. The predicted octanol–water partition coefficient (Wildman–Crippen LogP) is 4.04. The number of carbonyl (C=O) groups is 2. The highest BCUT2D eigenvalue weighted by atomic mass is 16.4. The van der Waals surface area contributed by atoms with E-state index >= 15 is 0 Å². The molecule has 4 rings (SSSR count). The van der Waals surface area contributed by atoms with Gasteiger partial charge in [0.1, 0.15) is 22.7 Å². The summed E-state index contributed by atoms with van der Waals surface area (Å²) < 4.78 is 11.2. The number of carboxylic acids is 1. The van der Waals surface area contributed by atoms with Gasteiger partial charge in [-0.3, -0.25) is 4.79 Å². The quantitative estimate of drug-likeness (QED) is 0.379. The Bertz CT molecular complexity index is 1440. The zero-order chi connectivity index (χ0) is 23.9. The molecular weight excluding hydrogens is 426 g/mol. The zero-order valence-corrected chi connectivity index (χ0v) is 18.4. The van der Waals surface area contributed by atoms with E-state index in [0.29, 0.717) is 27.9 Å². The summed E-state index contributed by atoms with van der Waals surface area (Å²) in [4.78, 5) is 36.8. The third-order valence-corrected chi connectivity index (χ3v) is 5.96. The van der Waals surface area contributed by atoms with Crippen molar-refractivity contribution in [3.8, 4) is 5.75 Å². The molecular formula is C25H23NO7. The summed E-state index contributed by atoms with van der Waals surface area (Å²) in [5.41, 5.74) is 2.91. The molecule has 4 aromatic rings. The lowest BCUT2D eigenvalue weighted by Gasteiger charge is -2.15. The lowest BCUT2D eigenvalue weighted by molar-refractivity contribution is -0.142. The summed E-state index contributed by atoms with van der Waals surface area (Å²) in [7, 11) is 0. The highest BCUT2D eigenvalue weighted by Gasteiger charge is 2.23. The predicted molar refractivity (Wildman–Crippen MR) is 121 cm³/mol. The molecule has 0 saturated carbocycles. The maximum atomic E-state index is 12.6. The monoisotopic (exact) mass is 449 g/mol. The number of carboxylic acid groups (broad SMARTS) is 1. The Labute approximate surface area is 188 Å². The molecule has 1 amide bonds. The largest absolute Gasteiger partial charge is 0.508 e. The van der Waals surface area contributed by atoms with Crippen molar-refractivity contribution in [2.75, 3.05) is 0 Å². The van der Waals surface area contributed by atoms with E-state index in [-0.39, 0.29) is 18.6 Å². The number of hydrogen-bond donors (Lipinski definition) is 3. The Hall–Kier alpha value is -4.07. The summed E-state index contributed by atoms with van der Waals surface area (Å²) >= 11 is 0. The Morgan fingerprint density at radius 1 is 0.970 bits per heavy atom. The summed E-state index contributed by atoms with van der Waals surface area (Å²) in [6.45, 7) is 5.63. The molecule has 1 atom stereocenters. The van der Waals surface area contributed by atoms with Gasteiger partial charge >= 0.3 is 11.6 Å². The fraction of sp³-hybridized carbons (Fsp3) is 0.240. The van der Waals surface area contributed by atoms with E-state index in [0.717, 1.165) is 22.1 Å². The van der Waals surface area contributed by atoms with Gasteiger partial charge in [-0.05, 0) is 62.1 Å². The van der Waals surface area contributed by atoms with Gasteiger partial charge < -0.3 is 24.4 Å². The van der Waals surface area contributed by atoms with Crippen LogP contribution < -0.4 is 10.9 Å². The van der Waals surface area contributed by atoms with Crippen LogP contribution in [0.5, 0.6) is 5.75 Å². The van der Waals surface area contributed by atoms with Crippen molar-refractivity contribution in [1.82, 2.24) is 5.32 Å². The number of phenols is 1. The molecule has 2 heterocycles. The number of aromatic hydroxyl groups is 1. The highest BCUT2D eigenvalue weighted by molar-refractivity contribution is 5.96. The molecule has 8 nitrogen and oxygen atoms in total. The second-order valence-electron chi connectivity index (χ2n) is 8.05. The van der Waals surface area contributed by atoms with Crippen molar-refractivity contribution >= 4 is 33.8 Å². The van der Waals surface area contributed by atoms with Gasteiger partial charge in [-0.15, -0.1) is 0 Å². The molecule has 0 radical (unpaired) electrons. The molecule has 0 aliphatic carbocycles. The van der Waals surface area contributed by atoms with Gasteiger partial charge in [-0.25, -0.2) is 9.59 Å². The summed E-state index contributed by atoms with van der Waals surface area (Å²) in [6, 6.07) is 7.90. The SMILES string of the molecule is Cc1oc2cc3oc(=O)c(CCC(=O)N[C@H](C(=O)O)c4ccc(O)cc4)c(C)c3cc2c1C. The third kappa shape index (κ3) is 4.19. The zero-order valence-electron chi connectivity index (χ0n) is 18.4. The third-order valence-electron chi connectivity index (χ3n) is 5.96. The Kier molecular flexibility index (Phi) is 5.68. The molecule has 0 bridgehead atoms. The van der Waals surface area contributed by atoms with Crippen LogP contribution in [0.3, 0.4) is 0 Å². The molecule has 2 aromatic heterocycles. The number of hydrogen-bond acceptors (Lipinski definition) is 6. The first-order chi connectivity index (χ1) is 15.7. The second kappa shape index (κ2) is 8.46. The van der Waals surface area contributed by atoms with Crippen molar-refractivity contribution in [3.63, 3.8) is 0 Å². The minimum Gasteiger partial charge on any atom is -0.508 e. The van der Waals surface area contributed by atoms with E-state index in [1.165, 1.54) is 24.3 Å². The van der Waals surface area contributed by atoms with Crippen LogP contribution in [0.1, 0.15) is 40.5 Å². The van der Waals surface area contributed by atoms with Crippen molar-refractivity contribution in [3.05, 3.63) is 74.8 Å².